The molecule has 1 aromatic heterocycles. The van der Waals surface area contributed by atoms with Gasteiger partial charge in [-0.3, -0.25) is 0 Å². The maximum atomic E-state index is 11.0. The van der Waals surface area contributed by atoms with Crippen molar-refractivity contribution in [2.45, 2.75) is 19.9 Å². The first-order valence-corrected chi connectivity index (χ1v) is 6.08. The topological polar surface area (TPSA) is 42.2 Å². The molecule has 0 fully saturated rings. The third-order valence-electron chi connectivity index (χ3n) is 2.81. The van der Waals surface area contributed by atoms with E-state index in [-0.39, 0.29) is 5.69 Å². The first kappa shape index (κ1) is 12.7. The van der Waals surface area contributed by atoms with Crippen molar-refractivity contribution in [3.63, 3.8) is 0 Å². The van der Waals surface area contributed by atoms with Crippen LogP contribution in [0.5, 0.6) is 0 Å². The SMILES string of the molecule is Cc1cccc(CCn2cc(Cl)cc2C(=O)O)c1. The summed E-state index contributed by atoms with van der Waals surface area (Å²) in [6.45, 7) is 2.65. The summed E-state index contributed by atoms with van der Waals surface area (Å²) >= 11 is 5.83. The fourth-order valence-corrected chi connectivity index (χ4v) is 2.18. The summed E-state index contributed by atoms with van der Waals surface area (Å²) in [7, 11) is 0. The maximum Gasteiger partial charge on any atom is 0.352 e. The molecule has 0 spiro atoms. The lowest BCUT2D eigenvalue weighted by molar-refractivity contribution is 0.0685. The van der Waals surface area contributed by atoms with Crippen LogP contribution in [0.4, 0.5) is 0 Å². The quantitative estimate of drug-likeness (QED) is 0.919. The molecule has 0 aliphatic heterocycles. The number of hydrogen-bond acceptors (Lipinski definition) is 1. The molecule has 2 aromatic rings. The van der Waals surface area contributed by atoms with E-state index in [1.165, 1.54) is 17.2 Å². The van der Waals surface area contributed by atoms with Crippen molar-refractivity contribution in [3.8, 4) is 0 Å². The highest BCUT2D eigenvalue weighted by atomic mass is 35.5. The molecule has 0 aliphatic rings. The summed E-state index contributed by atoms with van der Waals surface area (Å²) in [5, 5.41) is 9.50. The zero-order valence-electron chi connectivity index (χ0n) is 10.1. The fourth-order valence-electron chi connectivity index (χ4n) is 1.96. The molecule has 18 heavy (non-hydrogen) atoms. The minimum absolute atomic E-state index is 0.229. The van der Waals surface area contributed by atoms with Crippen LogP contribution in [0.2, 0.25) is 5.02 Å². The summed E-state index contributed by atoms with van der Waals surface area (Å²) in [5.41, 5.74) is 2.63. The van der Waals surface area contributed by atoms with Gasteiger partial charge in [0.05, 0.1) is 5.02 Å². The number of aryl methyl sites for hydroxylation is 3. The van der Waals surface area contributed by atoms with E-state index in [2.05, 4.69) is 6.07 Å². The summed E-state index contributed by atoms with van der Waals surface area (Å²) in [5.74, 6) is -0.953. The number of halogens is 1. The number of hydrogen-bond donors (Lipinski definition) is 1. The standard InChI is InChI=1S/C14H14ClNO2/c1-10-3-2-4-11(7-10)5-6-16-9-12(15)8-13(16)14(17)18/h2-4,7-9H,5-6H2,1H3,(H,17,18). The van der Waals surface area contributed by atoms with Gasteiger partial charge >= 0.3 is 5.97 Å². The van der Waals surface area contributed by atoms with E-state index in [1.807, 2.05) is 25.1 Å². The van der Waals surface area contributed by atoms with Crippen LogP contribution in [-0.4, -0.2) is 15.6 Å². The van der Waals surface area contributed by atoms with E-state index in [4.69, 9.17) is 16.7 Å². The van der Waals surface area contributed by atoms with Crippen LogP contribution in [0, 0.1) is 6.92 Å². The van der Waals surface area contributed by atoms with E-state index in [1.54, 1.807) is 10.8 Å². The number of rotatable bonds is 4. The van der Waals surface area contributed by atoms with Gasteiger partial charge in [0.2, 0.25) is 0 Å². The number of aromatic carboxylic acids is 1. The first-order chi connectivity index (χ1) is 8.56. The van der Waals surface area contributed by atoms with Crippen LogP contribution >= 0.6 is 11.6 Å². The Balaban J connectivity index is 2.13. The molecule has 3 nitrogen and oxygen atoms in total. The highest BCUT2D eigenvalue weighted by molar-refractivity contribution is 6.30. The van der Waals surface area contributed by atoms with Gasteiger partial charge in [-0.25, -0.2) is 4.79 Å². The Kier molecular flexibility index (Phi) is 3.72. The van der Waals surface area contributed by atoms with Crippen molar-refractivity contribution < 1.29 is 9.90 Å². The zero-order valence-corrected chi connectivity index (χ0v) is 10.8. The molecular formula is C14H14ClNO2. The fraction of sp³-hybridized carbons (Fsp3) is 0.214. The molecule has 0 aliphatic carbocycles. The van der Waals surface area contributed by atoms with Gasteiger partial charge in [-0.2, -0.15) is 0 Å². The first-order valence-electron chi connectivity index (χ1n) is 5.71. The molecule has 0 saturated heterocycles. The van der Waals surface area contributed by atoms with Gasteiger partial charge in [-0.15, -0.1) is 0 Å². The molecule has 0 bridgehead atoms. The van der Waals surface area contributed by atoms with Crippen molar-refractivity contribution in [1.29, 1.82) is 0 Å². The number of carbonyl (C=O) groups is 1. The molecule has 0 saturated carbocycles. The lowest BCUT2D eigenvalue weighted by atomic mass is 10.1. The Morgan fingerprint density at radius 3 is 2.83 bits per heavy atom. The molecule has 0 amide bonds. The Morgan fingerprint density at radius 2 is 2.17 bits per heavy atom. The van der Waals surface area contributed by atoms with Crippen LogP contribution < -0.4 is 0 Å². The number of carboxylic acids is 1. The number of nitrogens with zero attached hydrogens (tertiary/aromatic N) is 1. The molecule has 1 N–H and O–H groups in total. The summed E-state index contributed by atoms with van der Waals surface area (Å²) in [6, 6.07) is 9.66. The van der Waals surface area contributed by atoms with Crippen molar-refractivity contribution in [1.82, 2.24) is 4.57 Å². The molecule has 94 valence electrons. The van der Waals surface area contributed by atoms with E-state index < -0.39 is 5.97 Å². The molecule has 0 atom stereocenters. The monoisotopic (exact) mass is 263 g/mol. The van der Waals surface area contributed by atoms with Crippen LogP contribution in [0.25, 0.3) is 0 Å². The second-order valence-corrected chi connectivity index (χ2v) is 4.72. The Bertz CT molecular complexity index is 575. The Hall–Kier alpha value is -1.74. The van der Waals surface area contributed by atoms with Crippen molar-refractivity contribution in [2.75, 3.05) is 0 Å². The largest absolute Gasteiger partial charge is 0.477 e. The van der Waals surface area contributed by atoms with Crippen LogP contribution in [0.15, 0.2) is 36.5 Å². The van der Waals surface area contributed by atoms with E-state index in [0.29, 0.717) is 11.6 Å². The minimum atomic E-state index is -0.953. The molecule has 1 heterocycles. The van der Waals surface area contributed by atoms with Gasteiger partial charge in [0, 0.05) is 12.7 Å². The molecule has 1 aromatic carbocycles. The van der Waals surface area contributed by atoms with Crippen LogP contribution in [0.3, 0.4) is 0 Å². The smallest absolute Gasteiger partial charge is 0.352 e. The van der Waals surface area contributed by atoms with Gasteiger partial charge < -0.3 is 9.67 Å². The normalized spacial score (nSPS) is 10.6. The van der Waals surface area contributed by atoms with Crippen molar-refractivity contribution in [3.05, 3.63) is 58.4 Å². The van der Waals surface area contributed by atoms with E-state index in [9.17, 15) is 4.79 Å². The minimum Gasteiger partial charge on any atom is -0.477 e. The Morgan fingerprint density at radius 1 is 1.39 bits per heavy atom. The maximum absolute atomic E-state index is 11.0. The van der Waals surface area contributed by atoms with E-state index >= 15 is 0 Å². The predicted octanol–water partition coefficient (Wildman–Crippen LogP) is 3.39. The highest BCUT2D eigenvalue weighted by Gasteiger charge is 2.11. The average molecular weight is 264 g/mol. The Labute approximate surface area is 111 Å². The van der Waals surface area contributed by atoms with Gasteiger partial charge in [0.1, 0.15) is 5.69 Å². The summed E-state index contributed by atoms with van der Waals surface area (Å²) in [6.07, 6.45) is 2.44. The third kappa shape index (κ3) is 2.93. The third-order valence-corrected chi connectivity index (χ3v) is 3.01. The van der Waals surface area contributed by atoms with Crippen molar-refractivity contribution >= 4 is 17.6 Å². The zero-order chi connectivity index (χ0) is 13.1. The second kappa shape index (κ2) is 5.27. The molecule has 0 unspecified atom stereocenters. The predicted molar refractivity (Wildman–Crippen MR) is 71.3 cm³/mol. The van der Waals surface area contributed by atoms with Gasteiger partial charge in [-0.05, 0) is 25.0 Å². The summed E-state index contributed by atoms with van der Waals surface area (Å²) < 4.78 is 1.67. The summed E-state index contributed by atoms with van der Waals surface area (Å²) in [4.78, 5) is 11.0. The highest BCUT2D eigenvalue weighted by Crippen LogP contribution is 2.15. The average Bonchev–Trinajstić information content (AvgIpc) is 2.68. The van der Waals surface area contributed by atoms with Gasteiger partial charge in [-0.1, -0.05) is 41.4 Å². The van der Waals surface area contributed by atoms with Crippen LogP contribution in [0.1, 0.15) is 21.6 Å². The van der Waals surface area contributed by atoms with Gasteiger partial charge in [0.25, 0.3) is 0 Å². The number of carboxylic acid groups (broad SMARTS) is 1. The molecule has 4 heteroatoms. The lowest BCUT2D eigenvalue weighted by Gasteiger charge is -2.06. The van der Waals surface area contributed by atoms with E-state index in [0.717, 1.165) is 6.42 Å². The van der Waals surface area contributed by atoms with Gasteiger partial charge in [0.15, 0.2) is 0 Å². The lowest BCUT2D eigenvalue weighted by Crippen LogP contribution is -2.09. The van der Waals surface area contributed by atoms with Crippen molar-refractivity contribution in [2.24, 2.45) is 0 Å². The molecular weight excluding hydrogens is 250 g/mol. The number of aromatic nitrogens is 1. The number of benzene rings is 1. The molecule has 2 rings (SSSR count). The van der Waals surface area contributed by atoms with Crippen LogP contribution in [-0.2, 0) is 13.0 Å². The molecule has 0 radical (unpaired) electrons. The second-order valence-electron chi connectivity index (χ2n) is 4.28.